The lowest BCUT2D eigenvalue weighted by Gasteiger charge is -2.06. The number of halogens is 3. The summed E-state index contributed by atoms with van der Waals surface area (Å²) in [6.07, 6.45) is -0.565. The summed E-state index contributed by atoms with van der Waals surface area (Å²) < 4.78 is 24.4. The van der Waals surface area contributed by atoms with Gasteiger partial charge in [-0.3, -0.25) is 4.98 Å². The van der Waals surface area contributed by atoms with Crippen LogP contribution in [0.3, 0.4) is 0 Å². The fourth-order valence-electron chi connectivity index (χ4n) is 0.826. The van der Waals surface area contributed by atoms with Crippen molar-refractivity contribution in [2.24, 2.45) is 0 Å². The van der Waals surface area contributed by atoms with E-state index < -0.39 is 6.43 Å². The summed E-state index contributed by atoms with van der Waals surface area (Å²) in [5.41, 5.74) is -0.272. The molecule has 66 valence electrons. The summed E-state index contributed by atoms with van der Waals surface area (Å²) in [6.45, 7) is 0. The molecule has 0 saturated carbocycles. The molecule has 0 bridgehead atoms. The molecule has 0 unspecified atom stereocenters. The molecule has 0 aromatic carbocycles. The van der Waals surface area contributed by atoms with E-state index in [9.17, 15) is 8.78 Å². The van der Waals surface area contributed by atoms with Gasteiger partial charge < -0.3 is 5.11 Å². The Balaban J connectivity index is 3.18. The Morgan fingerprint density at radius 3 is 2.58 bits per heavy atom. The predicted octanol–water partition coefficient (Wildman–Crippen LogP) is 2.46. The highest BCUT2D eigenvalue weighted by Crippen LogP contribution is 2.28. The lowest BCUT2D eigenvalue weighted by Crippen LogP contribution is -1.93. The van der Waals surface area contributed by atoms with E-state index in [2.05, 4.69) is 4.98 Å². The van der Waals surface area contributed by atoms with E-state index in [1.807, 2.05) is 0 Å². The van der Waals surface area contributed by atoms with Crippen molar-refractivity contribution in [3.05, 3.63) is 23.5 Å². The molecule has 0 radical (unpaired) electrons. The summed E-state index contributed by atoms with van der Waals surface area (Å²) >= 11 is 5.36. The highest BCUT2D eigenvalue weighted by molar-refractivity contribution is 6.17. The third-order valence-electron chi connectivity index (χ3n) is 1.44. The van der Waals surface area contributed by atoms with Gasteiger partial charge in [0.15, 0.2) is 0 Å². The first-order valence-corrected chi connectivity index (χ1v) is 3.70. The minimum atomic E-state index is -2.65. The van der Waals surface area contributed by atoms with E-state index in [1.54, 1.807) is 0 Å². The molecular formula is C7H6ClF2NO. The van der Waals surface area contributed by atoms with Crippen LogP contribution in [0.25, 0.3) is 0 Å². The van der Waals surface area contributed by atoms with Crippen molar-refractivity contribution in [1.82, 2.24) is 4.98 Å². The van der Waals surface area contributed by atoms with Gasteiger partial charge in [0, 0.05) is 17.3 Å². The van der Waals surface area contributed by atoms with Gasteiger partial charge in [-0.2, -0.15) is 0 Å². The van der Waals surface area contributed by atoms with E-state index in [0.717, 1.165) is 12.4 Å². The zero-order chi connectivity index (χ0) is 9.14. The van der Waals surface area contributed by atoms with E-state index >= 15 is 0 Å². The van der Waals surface area contributed by atoms with Crippen LogP contribution in [0.1, 0.15) is 17.6 Å². The van der Waals surface area contributed by atoms with E-state index in [-0.39, 0.29) is 22.8 Å². The monoisotopic (exact) mass is 193 g/mol. The molecule has 1 N–H and O–H groups in total. The first-order chi connectivity index (χ1) is 5.66. The fourth-order valence-corrected chi connectivity index (χ4v) is 1.12. The molecule has 0 spiro atoms. The van der Waals surface area contributed by atoms with E-state index in [1.165, 1.54) is 0 Å². The van der Waals surface area contributed by atoms with Crippen LogP contribution in [0.4, 0.5) is 8.78 Å². The number of hydrogen-bond donors (Lipinski definition) is 1. The van der Waals surface area contributed by atoms with Gasteiger partial charge in [0.1, 0.15) is 5.75 Å². The number of rotatable bonds is 2. The number of aromatic hydroxyl groups is 1. The van der Waals surface area contributed by atoms with Crippen LogP contribution in [-0.2, 0) is 5.88 Å². The Labute approximate surface area is 72.8 Å². The van der Waals surface area contributed by atoms with Gasteiger partial charge >= 0.3 is 0 Å². The number of alkyl halides is 3. The second-order valence-corrected chi connectivity index (χ2v) is 2.43. The van der Waals surface area contributed by atoms with Crippen molar-refractivity contribution < 1.29 is 13.9 Å². The maximum Gasteiger partial charge on any atom is 0.265 e. The summed E-state index contributed by atoms with van der Waals surface area (Å²) in [5, 5.41) is 9.06. The van der Waals surface area contributed by atoms with Gasteiger partial charge in [-0.25, -0.2) is 8.78 Å². The van der Waals surface area contributed by atoms with Crippen molar-refractivity contribution in [3.8, 4) is 5.75 Å². The SMILES string of the molecule is Oc1cncc(C(F)F)c1CCl. The summed E-state index contributed by atoms with van der Waals surface area (Å²) in [7, 11) is 0. The van der Waals surface area contributed by atoms with Crippen LogP contribution in [0.2, 0.25) is 0 Å². The Kier molecular flexibility index (Phi) is 2.81. The molecule has 1 aromatic heterocycles. The molecule has 5 heteroatoms. The molecule has 2 nitrogen and oxygen atoms in total. The Morgan fingerprint density at radius 1 is 1.50 bits per heavy atom. The third-order valence-corrected chi connectivity index (χ3v) is 1.70. The molecule has 1 heterocycles. The largest absolute Gasteiger partial charge is 0.506 e. The summed E-state index contributed by atoms with van der Waals surface area (Å²) in [4.78, 5) is 3.43. The second kappa shape index (κ2) is 3.67. The lowest BCUT2D eigenvalue weighted by atomic mass is 10.1. The molecule has 0 aliphatic rings. The van der Waals surface area contributed by atoms with Gasteiger partial charge in [-0.15, -0.1) is 11.6 Å². The minimum absolute atomic E-state index is 0.0432. The fraction of sp³-hybridized carbons (Fsp3) is 0.286. The number of aromatic nitrogens is 1. The highest BCUT2D eigenvalue weighted by Gasteiger charge is 2.15. The summed E-state index contributed by atoms with van der Waals surface area (Å²) in [5.74, 6) is -0.434. The molecule has 0 aliphatic heterocycles. The van der Waals surface area contributed by atoms with Crippen molar-refractivity contribution in [2.75, 3.05) is 0 Å². The molecule has 0 aliphatic carbocycles. The average molecular weight is 194 g/mol. The van der Waals surface area contributed by atoms with Gasteiger partial charge in [-0.05, 0) is 0 Å². The molecule has 1 aromatic rings. The zero-order valence-electron chi connectivity index (χ0n) is 5.97. The molecule has 0 atom stereocenters. The van der Waals surface area contributed by atoms with Crippen molar-refractivity contribution in [1.29, 1.82) is 0 Å². The molecule has 1 rings (SSSR count). The maximum absolute atomic E-state index is 12.2. The van der Waals surface area contributed by atoms with Crippen LogP contribution >= 0.6 is 11.6 Å². The van der Waals surface area contributed by atoms with E-state index in [0.29, 0.717) is 0 Å². The predicted molar refractivity (Wildman–Crippen MR) is 40.4 cm³/mol. The van der Waals surface area contributed by atoms with Crippen LogP contribution in [-0.4, -0.2) is 10.1 Å². The van der Waals surface area contributed by atoms with Crippen LogP contribution in [0, 0.1) is 0 Å². The molecule has 12 heavy (non-hydrogen) atoms. The summed E-state index contributed by atoms with van der Waals surface area (Å²) in [6, 6.07) is 0. The number of nitrogens with zero attached hydrogens (tertiary/aromatic N) is 1. The van der Waals surface area contributed by atoms with Gasteiger partial charge in [0.2, 0.25) is 0 Å². The first-order valence-electron chi connectivity index (χ1n) is 3.16. The Morgan fingerprint density at radius 2 is 2.17 bits per heavy atom. The zero-order valence-corrected chi connectivity index (χ0v) is 6.72. The molecule has 0 amide bonds. The standard InChI is InChI=1S/C7H6ClF2NO/c8-1-4-5(7(9)10)2-11-3-6(4)12/h2-3,7,12H,1H2. The second-order valence-electron chi connectivity index (χ2n) is 2.16. The first kappa shape index (κ1) is 9.19. The molecular weight excluding hydrogens is 188 g/mol. The smallest absolute Gasteiger partial charge is 0.265 e. The maximum atomic E-state index is 12.2. The Hall–Kier alpha value is -0.900. The Bertz CT molecular complexity index is 280. The number of hydrogen-bond acceptors (Lipinski definition) is 2. The van der Waals surface area contributed by atoms with Crippen LogP contribution in [0.15, 0.2) is 12.4 Å². The van der Waals surface area contributed by atoms with Crippen LogP contribution in [0.5, 0.6) is 5.75 Å². The topological polar surface area (TPSA) is 33.1 Å². The van der Waals surface area contributed by atoms with Gasteiger partial charge in [0.05, 0.1) is 12.1 Å². The number of pyridine rings is 1. The minimum Gasteiger partial charge on any atom is -0.506 e. The van der Waals surface area contributed by atoms with Gasteiger partial charge in [-0.1, -0.05) is 0 Å². The van der Waals surface area contributed by atoms with Crippen molar-refractivity contribution in [3.63, 3.8) is 0 Å². The van der Waals surface area contributed by atoms with E-state index in [4.69, 9.17) is 16.7 Å². The normalized spacial score (nSPS) is 10.7. The quantitative estimate of drug-likeness (QED) is 0.732. The van der Waals surface area contributed by atoms with Crippen LogP contribution < -0.4 is 0 Å². The average Bonchev–Trinajstić information content (AvgIpc) is 2.03. The van der Waals surface area contributed by atoms with Crippen molar-refractivity contribution >= 4 is 11.6 Å². The van der Waals surface area contributed by atoms with Crippen molar-refractivity contribution in [2.45, 2.75) is 12.3 Å². The third kappa shape index (κ3) is 1.64. The highest BCUT2D eigenvalue weighted by atomic mass is 35.5. The molecule has 0 fully saturated rings. The molecule has 0 saturated heterocycles. The lowest BCUT2D eigenvalue weighted by molar-refractivity contribution is 0.149. The van der Waals surface area contributed by atoms with Gasteiger partial charge in [0.25, 0.3) is 6.43 Å².